The second-order valence-electron chi connectivity index (χ2n) is 5.38. The van der Waals surface area contributed by atoms with E-state index in [0.717, 1.165) is 30.0 Å². The number of benzene rings is 1. The first kappa shape index (κ1) is 16.6. The summed E-state index contributed by atoms with van der Waals surface area (Å²) in [5.74, 6) is 1.18. The van der Waals surface area contributed by atoms with Crippen molar-refractivity contribution in [2.45, 2.75) is 33.4 Å². The molecule has 2 aromatic heterocycles. The average Bonchev–Trinajstić information content (AvgIpc) is 3.19. The van der Waals surface area contributed by atoms with Gasteiger partial charge in [-0.1, -0.05) is 22.0 Å². The molecule has 126 valence electrons. The monoisotopic (exact) mass is 346 g/mol. The molecular weight excluding hydrogens is 328 g/mol. The van der Waals surface area contributed by atoms with Crippen LogP contribution < -0.4 is 5.32 Å². The molecule has 0 aliphatic heterocycles. The molecule has 7 nitrogen and oxygen atoms in total. The lowest BCUT2D eigenvalue weighted by atomic mass is 10.2. The Morgan fingerprint density at radius 2 is 2.04 bits per heavy atom. The van der Waals surface area contributed by atoms with Crippen LogP contribution in [0.25, 0.3) is 11.4 Å². The number of nitrogens with one attached hydrogen (secondary N) is 1. The summed E-state index contributed by atoms with van der Waals surface area (Å²) in [7, 11) is 0. The van der Waals surface area contributed by atoms with Gasteiger partial charge >= 0.3 is 0 Å². The van der Waals surface area contributed by atoms with Gasteiger partial charge < -0.3 is 9.84 Å². The van der Waals surface area contributed by atoms with E-state index in [1.54, 1.807) is 0 Å². The normalized spacial score (nSPS) is 11.1. The third-order valence-corrected chi connectivity index (χ3v) is 3.96. The molecule has 24 heavy (non-hydrogen) atoms. The van der Waals surface area contributed by atoms with Crippen LogP contribution in [0.5, 0.6) is 0 Å². The number of nitrogens with zero attached hydrogens (tertiary/aromatic N) is 5. The van der Waals surface area contributed by atoms with Crippen LogP contribution in [0.1, 0.15) is 24.2 Å². The van der Waals surface area contributed by atoms with Crippen molar-refractivity contribution in [3.8, 4) is 11.4 Å². The van der Waals surface area contributed by atoms with E-state index in [1.807, 2.05) is 42.8 Å². The Kier molecular flexibility index (Phi) is 5.22. The minimum Gasteiger partial charge on any atom is -0.339 e. The molecule has 0 saturated heterocycles. The topological polar surface area (TPSA) is 81.7 Å². The van der Waals surface area contributed by atoms with Crippen LogP contribution in [0.3, 0.4) is 0 Å². The van der Waals surface area contributed by atoms with Crippen LogP contribution in [0, 0.1) is 6.92 Å². The Labute approximate surface area is 145 Å². The minimum atomic E-state index is 0.575. The first-order valence-corrected chi connectivity index (χ1v) is 8.23. The number of hydrogen-bond donors (Lipinski definition) is 1. The molecule has 2 heterocycles. The fourth-order valence-corrected chi connectivity index (χ4v) is 2.49. The molecule has 0 radical (unpaired) electrons. The van der Waals surface area contributed by atoms with E-state index < -0.39 is 0 Å². The quantitative estimate of drug-likeness (QED) is 0.662. The summed E-state index contributed by atoms with van der Waals surface area (Å²) < 4.78 is 7.19. The summed E-state index contributed by atoms with van der Waals surface area (Å²) in [5.41, 5.74) is 2.94. The summed E-state index contributed by atoms with van der Waals surface area (Å²) in [5, 5.41) is 16.2. The van der Waals surface area contributed by atoms with Gasteiger partial charge in [-0.2, -0.15) is 4.98 Å². The van der Waals surface area contributed by atoms with Gasteiger partial charge in [0.1, 0.15) is 0 Å². The van der Waals surface area contributed by atoms with E-state index in [1.165, 1.54) is 0 Å². The van der Waals surface area contributed by atoms with E-state index >= 15 is 0 Å². The van der Waals surface area contributed by atoms with Gasteiger partial charge in [-0.25, -0.2) is 4.68 Å². The molecule has 0 aliphatic rings. The highest BCUT2D eigenvalue weighted by molar-refractivity contribution is 6.30. The number of hydrogen-bond acceptors (Lipinski definition) is 6. The van der Waals surface area contributed by atoms with Gasteiger partial charge in [0.15, 0.2) is 0 Å². The fraction of sp³-hybridized carbons (Fsp3) is 0.375. The maximum Gasteiger partial charge on any atom is 0.228 e. The Hall–Kier alpha value is -2.25. The molecule has 0 saturated carbocycles. The second-order valence-corrected chi connectivity index (χ2v) is 5.82. The molecule has 0 unspecified atom stereocenters. The van der Waals surface area contributed by atoms with Gasteiger partial charge in [-0.15, -0.1) is 5.10 Å². The van der Waals surface area contributed by atoms with Crippen molar-refractivity contribution < 1.29 is 4.52 Å². The van der Waals surface area contributed by atoms with E-state index in [2.05, 4.69) is 25.8 Å². The maximum atomic E-state index is 5.88. The number of rotatable bonds is 7. The van der Waals surface area contributed by atoms with E-state index in [9.17, 15) is 0 Å². The average molecular weight is 347 g/mol. The molecule has 0 atom stereocenters. The van der Waals surface area contributed by atoms with Crippen LogP contribution in [0.15, 0.2) is 28.8 Å². The third kappa shape index (κ3) is 3.80. The lowest BCUT2D eigenvalue weighted by Gasteiger charge is -2.05. The minimum absolute atomic E-state index is 0.575. The highest BCUT2D eigenvalue weighted by Gasteiger charge is 2.10. The molecule has 0 bridgehead atoms. The predicted octanol–water partition coefficient (Wildman–Crippen LogP) is 2.64. The van der Waals surface area contributed by atoms with Gasteiger partial charge in [0.05, 0.1) is 11.4 Å². The highest BCUT2D eigenvalue weighted by Crippen LogP contribution is 2.18. The van der Waals surface area contributed by atoms with Crippen molar-refractivity contribution in [2.24, 2.45) is 0 Å². The Bertz CT molecular complexity index is 795. The number of halogens is 1. The molecule has 0 spiro atoms. The zero-order valence-corrected chi connectivity index (χ0v) is 14.4. The first-order chi connectivity index (χ1) is 11.7. The standard InChI is InChI=1S/C16H19ClN6O/c1-3-23-14(11(2)20-22-23)10-18-9-8-15-19-16(21-24-15)12-4-6-13(17)7-5-12/h4-7,18H,3,8-10H2,1-2H3. The molecule has 0 amide bonds. The molecule has 1 N–H and O–H groups in total. The lowest BCUT2D eigenvalue weighted by molar-refractivity contribution is 0.376. The molecule has 8 heteroatoms. The smallest absolute Gasteiger partial charge is 0.228 e. The van der Waals surface area contributed by atoms with Crippen molar-refractivity contribution in [3.63, 3.8) is 0 Å². The molecule has 0 fully saturated rings. The van der Waals surface area contributed by atoms with Crippen LogP contribution in [-0.4, -0.2) is 31.7 Å². The Morgan fingerprint density at radius 1 is 1.25 bits per heavy atom. The molecule has 3 rings (SSSR count). The highest BCUT2D eigenvalue weighted by atomic mass is 35.5. The van der Waals surface area contributed by atoms with Crippen LogP contribution in [-0.2, 0) is 19.5 Å². The van der Waals surface area contributed by atoms with Crippen LogP contribution in [0.2, 0.25) is 5.02 Å². The fourth-order valence-electron chi connectivity index (χ4n) is 2.37. The van der Waals surface area contributed by atoms with Crippen molar-refractivity contribution in [3.05, 3.63) is 46.6 Å². The largest absolute Gasteiger partial charge is 0.339 e. The summed E-state index contributed by atoms with van der Waals surface area (Å²) in [6.07, 6.45) is 0.660. The van der Waals surface area contributed by atoms with Gasteiger partial charge in [0.2, 0.25) is 11.7 Å². The molecule has 3 aromatic rings. The van der Waals surface area contributed by atoms with Crippen molar-refractivity contribution in [2.75, 3.05) is 6.54 Å². The predicted molar refractivity (Wildman–Crippen MR) is 90.6 cm³/mol. The summed E-state index contributed by atoms with van der Waals surface area (Å²) in [6, 6.07) is 7.36. The van der Waals surface area contributed by atoms with Gasteiger partial charge in [0.25, 0.3) is 0 Å². The third-order valence-electron chi connectivity index (χ3n) is 3.71. The Balaban J connectivity index is 1.52. The van der Waals surface area contributed by atoms with Crippen molar-refractivity contribution in [1.29, 1.82) is 0 Å². The molecule has 0 aliphatic carbocycles. The zero-order chi connectivity index (χ0) is 16.9. The maximum absolute atomic E-state index is 5.88. The van der Waals surface area contributed by atoms with Crippen LogP contribution in [0.4, 0.5) is 0 Å². The lowest BCUT2D eigenvalue weighted by Crippen LogP contribution is -2.20. The van der Waals surface area contributed by atoms with Crippen LogP contribution >= 0.6 is 11.6 Å². The number of aryl methyl sites for hydroxylation is 2. The molecular formula is C16H19ClN6O. The van der Waals surface area contributed by atoms with E-state index in [0.29, 0.717) is 29.7 Å². The number of aromatic nitrogens is 5. The first-order valence-electron chi connectivity index (χ1n) is 7.85. The summed E-state index contributed by atoms with van der Waals surface area (Å²) in [4.78, 5) is 4.41. The van der Waals surface area contributed by atoms with Gasteiger partial charge in [0, 0.05) is 36.6 Å². The second kappa shape index (κ2) is 7.55. The Morgan fingerprint density at radius 3 is 2.79 bits per heavy atom. The van der Waals surface area contributed by atoms with Crippen molar-refractivity contribution >= 4 is 11.6 Å². The SMILES string of the molecule is CCn1nnc(C)c1CNCCc1nc(-c2ccc(Cl)cc2)no1. The summed E-state index contributed by atoms with van der Waals surface area (Å²) >= 11 is 5.88. The van der Waals surface area contributed by atoms with Crippen molar-refractivity contribution in [1.82, 2.24) is 30.5 Å². The molecule has 1 aromatic carbocycles. The van der Waals surface area contributed by atoms with Gasteiger partial charge in [-0.05, 0) is 38.1 Å². The van der Waals surface area contributed by atoms with Gasteiger partial charge in [-0.3, -0.25) is 0 Å². The van der Waals surface area contributed by atoms with E-state index in [-0.39, 0.29) is 0 Å². The zero-order valence-electron chi connectivity index (χ0n) is 13.7. The van der Waals surface area contributed by atoms with E-state index in [4.69, 9.17) is 16.1 Å². The summed E-state index contributed by atoms with van der Waals surface area (Å²) in [6.45, 7) is 6.27.